The van der Waals surface area contributed by atoms with Crippen molar-refractivity contribution >= 4 is 0 Å². The number of hydrogen-bond donors (Lipinski definition) is 1. The average molecular weight is 251 g/mol. The highest BCUT2D eigenvalue weighted by Crippen LogP contribution is 2.20. The van der Waals surface area contributed by atoms with Crippen molar-refractivity contribution in [3.8, 4) is 5.75 Å². The van der Waals surface area contributed by atoms with Crippen molar-refractivity contribution in [3.63, 3.8) is 0 Å². The first-order valence-corrected chi connectivity index (χ1v) is 5.59. The molecule has 5 nitrogen and oxygen atoms in total. The highest BCUT2D eigenvalue weighted by atomic mass is 19.1. The number of halogens is 1. The number of hydrogen-bond acceptors (Lipinski definition) is 5. The molecule has 18 heavy (non-hydrogen) atoms. The van der Waals surface area contributed by atoms with Crippen molar-refractivity contribution in [1.82, 2.24) is 10.1 Å². The summed E-state index contributed by atoms with van der Waals surface area (Å²) >= 11 is 0. The van der Waals surface area contributed by atoms with E-state index >= 15 is 0 Å². The van der Waals surface area contributed by atoms with Crippen LogP contribution in [0.25, 0.3) is 0 Å². The lowest BCUT2D eigenvalue weighted by Crippen LogP contribution is -2.06. The Labute approximate surface area is 104 Å². The van der Waals surface area contributed by atoms with Gasteiger partial charge in [-0.2, -0.15) is 4.98 Å². The van der Waals surface area contributed by atoms with Crippen molar-refractivity contribution < 1.29 is 13.7 Å². The van der Waals surface area contributed by atoms with Gasteiger partial charge >= 0.3 is 0 Å². The molecule has 0 aliphatic rings. The number of aromatic nitrogens is 2. The van der Waals surface area contributed by atoms with Gasteiger partial charge in [-0.25, -0.2) is 4.39 Å². The monoisotopic (exact) mass is 251 g/mol. The quantitative estimate of drug-likeness (QED) is 0.873. The Bertz CT molecular complexity index is 528. The number of nitrogens with two attached hydrogens (primary N) is 1. The molecule has 2 N–H and O–H groups in total. The molecule has 0 radical (unpaired) electrons. The molecule has 0 saturated carbocycles. The Morgan fingerprint density at radius 3 is 2.94 bits per heavy atom. The van der Waals surface area contributed by atoms with Gasteiger partial charge in [0.2, 0.25) is 11.7 Å². The molecule has 0 spiro atoms. The summed E-state index contributed by atoms with van der Waals surface area (Å²) in [6.07, 6.45) is 0.554. The summed E-state index contributed by atoms with van der Waals surface area (Å²) in [4.78, 5) is 4.02. The zero-order chi connectivity index (χ0) is 13.0. The Morgan fingerprint density at radius 1 is 1.44 bits per heavy atom. The summed E-state index contributed by atoms with van der Waals surface area (Å²) in [5.41, 5.74) is 6.21. The third-order valence-corrected chi connectivity index (χ3v) is 2.36. The van der Waals surface area contributed by atoms with Gasteiger partial charge < -0.3 is 15.0 Å². The molecule has 0 saturated heterocycles. The van der Waals surface area contributed by atoms with E-state index in [1.165, 1.54) is 12.1 Å². The normalized spacial score (nSPS) is 10.6. The minimum Gasteiger partial charge on any atom is -0.485 e. The maximum Gasteiger partial charge on any atom is 0.223 e. The molecule has 0 amide bonds. The van der Waals surface area contributed by atoms with Crippen molar-refractivity contribution in [1.29, 1.82) is 0 Å². The Kier molecular flexibility index (Phi) is 3.88. The topological polar surface area (TPSA) is 74.2 Å². The van der Waals surface area contributed by atoms with Gasteiger partial charge in [-0.1, -0.05) is 5.16 Å². The van der Waals surface area contributed by atoms with E-state index in [-0.39, 0.29) is 12.4 Å². The zero-order valence-electron chi connectivity index (χ0n) is 10.0. The minimum absolute atomic E-state index is 0.181. The van der Waals surface area contributed by atoms with E-state index < -0.39 is 0 Å². The molecule has 0 aliphatic carbocycles. The second-order valence-electron chi connectivity index (χ2n) is 3.81. The largest absolute Gasteiger partial charge is 0.485 e. The maximum absolute atomic E-state index is 13.1. The number of aryl methyl sites for hydroxylation is 1. The van der Waals surface area contributed by atoms with Crippen LogP contribution in [0, 0.1) is 12.7 Å². The van der Waals surface area contributed by atoms with E-state index in [1.807, 2.05) is 0 Å². The van der Waals surface area contributed by atoms with E-state index in [2.05, 4.69) is 10.1 Å². The molecule has 1 aromatic carbocycles. The highest BCUT2D eigenvalue weighted by Gasteiger charge is 2.08. The van der Waals surface area contributed by atoms with E-state index in [9.17, 15) is 4.39 Å². The summed E-state index contributed by atoms with van der Waals surface area (Å²) in [7, 11) is 0. The van der Waals surface area contributed by atoms with Gasteiger partial charge in [0.25, 0.3) is 0 Å². The third kappa shape index (κ3) is 3.04. The van der Waals surface area contributed by atoms with Crippen LogP contribution in [0.1, 0.15) is 17.3 Å². The lowest BCUT2D eigenvalue weighted by atomic mass is 10.1. The molecular formula is C12H14FN3O2. The van der Waals surface area contributed by atoms with Crippen LogP contribution in [-0.2, 0) is 13.0 Å². The van der Waals surface area contributed by atoms with Crippen LogP contribution < -0.4 is 10.5 Å². The molecule has 1 aromatic heterocycles. The molecule has 2 rings (SSSR count). The van der Waals surface area contributed by atoms with Crippen LogP contribution in [0.15, 0.2) is 22.7 Å². The molecule has 0 fully saturated rings. The molecule has 0 unspecified atom stereocenters. The molecule has 0 bridgehead atoms. The molecular weight excluding hydrogens is 237 g/mol. The van der Waals surface area contributed by atoms with Gasteiger partial charge in [0.05, 0.1) is 0 Å². The van der Waals surface area contributed by atoms with Gasteiger partial charge in [0.1, 0.15) is 11.6 Å². The van der Waals surface area contributed by atoms with Gasteiger partial charge in [-0.05, 0) is 36.7 Å². The third-order valence-electron chi connectivity index (χ3n) is 2.36. The standard InChI is InChI=1S/C12H14FN3O2/c1-8-15-12(16-18-8)7-17-11-3-2-10(13)6-9(11)4-5-14/h2-3,6H,4-5,7,14H2,1H3. The van der Waals surface area contributed by atoms with E-state index in [0.29, 0.717) is 30.4 Å². The van der Waals surface area contributed by atoms with Crippen molar-refractivity contribution in [3.05, 3.63) is 41.3 Å². The fourth-order valence-electron chi connectivity index (χ4n) is 1.58. The van der Waals surface area contributed by atoms with Crippen LogP contribution in [-0.4, -0.2) is 16.7 Å². The van der Waals surface area contributed by atoms with E-state index in [4.69, 9.17) is 15.0 Å². The number of ether oxygens (including phenoxy) is 1. The summed E-state index contributed by atoms with van der Waals surface area (Å²) in [6, 6.07) is 4.34. The van der Waals surface area contributed by atoms with Crippen LogP contribution in [0.5, 0.6) is 5.75 Å². The number of benzene rings is 1. The predicted molar refractivity (Wildman–Crippen MR) is 62.5 cm³/mol. The Hall–Kier alpha value is -1.95. The lowest BCUT2D eigenvalue weighted by Gasteiger charge is -2.09. The van der Waals surface area contributed by atoms with Crippen molar-refractivity contribution in [2.75, 3.05) is 6.54 Å². The van der Waals surface area contributed by atoms with E-state index in [1.54, 1.807) is 13.0 Å². The van der Waals surface area contributed by atoms with Crippen LogP contribution >= 0.6 is 0 Å². The second-order valence-corrected chi connectivity index (χ2v) is 3.81. The average Bonchev–Trinajstić information content (AvgIpc) is 2.75. The van der Waals surface area contributed by atoms with Gasteiger partial charge in [0, 0.05) is 6.92 Å². The van der Waals surface area contributed by atoms with Crippen LogP contribution in [0.3, 0.4) is 0 Å². The molecule has 6 heteroatoms. The van der Waals surface area contributed by atoms with Gasteiger partial charge in [-0.3, -0.25) is 0 Å². The summed E-state index contributed by atoms with van der Waals surface area (Å²) in [5, 5.41) is 3.71. The van der Waals surface area contributed by atoms with Crippen LogP contribution in [0.4, 0.5) is 4.39 Å². The maximum atomic E-state index is 13.1. The molecule has 2 aromatic rings. The fourth-order valence-corrected chi connectivity index (χ4v) is 1.58. The van der Waals surface area contributed by atoms with Crippen LogP contribution in [0.2, 0.25) is 0 Å². The lowest BCUT2D eigenvalue weighted by molar-refractivity contribution is 0.282. The molecule has 0 atom stereocenters. The number of rotatable bonds is 5. The Balaban J connectivity index is 2.08. The molecule has 1 heterocycles. The molecule has 0 aliphatic heterocycles. The van der Waals surface area contributed by atoms with Crippen molar-refractivity contribution in [2.45, 2.75) is 20.0 Å². The first-order valence-electron chi connectivity index (χ1n) is 5.59. The first kappa shape index (κ1) is 12.5. The first-order chi connectivity index (χ1) is 8.69. The van der Waals surface area contributed by atoms with Gasteiger partial charge in [0.15, 0.2) is 6.61 Å². The van der Waals surface area contributed by atoms with E-state index in [0.717, 1.165) is 5.56 Å². The summed E-state index contributed by atoms with van der Waals surface area (Å²) in [5.74, 6) is 1.22. The predicted octanol–water partition coefficient (Wildman–Crippen LogP) is 1.60. The highest BCUT2D eigenvalue weighted by molar-refractivity contribution is 5.34. The minimum atomic E-state index is -0.304. The van der Waals surface area contributed by atoms with Crippen molar-refractivity contribution in [2.24, 2.45) is 5.73 Å². The fraction of sp³-hybridized carbons (Fsp3) is 0.333. The zero-order valence-corrected chi connectivity index (χ0v) is 10.0. The second kappa shape index (κ2) is 5.59. The number of nitrogens with zero attached hydrogens (tertiary/aromatic N) is 2. The molecule has 96 valence electrons. The summed E-state index contributed by atoms with van der Waals surface area (Å²) in [6.45, 7) is 2.32. The Morgan fingerprint density at radius 2 is 2.28 bits per heavy atom. The SMILES string of the molecule is Cc1nc(COc2ccc(F)cc2CCN)no1. The van der Waals surface area contributed by atoms with Gasteiger partial charge in [-0.15, -0.1) is 0 Å². The summed E-state index contributed by atoms with van der Waals surface area (Å²) < 4.78 is 23.5. The smallest absolute Gasteiger partial charge is 0.223 e.